The highest BCUT2D eigenvalue weighted by Gasteiger charge is 2.20. The van der Waals surface area contributed by atoms with Gasteiger partial charge in [0.05, 0.1) is 12.4 Å². The zero-order valence-corrected chi connectivity index (χ0v) is 10.8. The molecule has 6 nitrogen and oxygen atoms in total. The first-order chi connectivity index (χ1) is 7.58. The zero-order chi connectivity index (χ0) is 12.4. The summed E-state index contributed by atoms with van der Waals surface area (Å²) in [5, 5.41) is 0. The number of hydrogen-bond acceptors (Lipinski definition) is 5. The van der Waals surface area contributed by atoms with Crippen LogP contribution >= 0.6 is 0 Å². The molecule has 0 unspecified atom stereocenters. The lowest BCUT2D eigenvalue weighted by Crippen LogP contribution is -2.38. The van der Waals surface area contributed by atoms with Crippen LogP contribution in [0.1, 0.15) is 6.42 Å². The summed E-state index contributed by atoms with van der Waals surface area (Å²) < 4.78 is 34.7. The summed E-state index contributed by atoms with van der Waals surface area (Å²) in [4.78, 5) is 0. The van der Waals surface area contributed by atoms with Crippen molar-refractivity contribution in [3.63, 3.8) is 0 Å². The van der Waals surface area contributed by atoms with Gasteiger partial charge in [0.2, 0.25) is 10.0 Å². The number of nitrogens with zero attached hydrogens (tertiary/aromatic N) is 1. The molecule has 0 aromatic rings. The van der Waals surface area contributed by atoms with Crippen molar-refractivity contribution >= 4 is 10.0 Å². The lowest BCUT2D eigenvalue weighted by molar-refractivity contribution is 0.164. The molecule has 0 aromatic carbocycles. The lowest BCUT2D eigenvalue weighted by atomic mass is 10.4. The Balaban J connectivity index is 4.28. The normalized spacial score (nSPS) is 12.2. The van der Waals surface area contributed by atoms with E-state index in [0.29, 0.717) is 32.7 Å². The molecule has 7 heteroatoms. The van der Waals surface area contributed by atoms with Gasteiger partial charge < -0.3 is 15.2 Å². The van der Waals surface area contributed by atoms with E-state index in [1.165, 1.54) is 4.31 Å². The topological polar surface area (TPSA) is 81.9 Å². The van der Waals surface area contributed by atoms with Crippen LogP contribution in [0.4, 0.5) is 0 Å². The van der Waals surface area contributed by atoms with Crippen LogP contribution < -0.4 is 5.73 Å². The molecule has 0 fully saturated rings. The van der Waals surface area contributed by atoms with Gasteiger partial charge in [-0.3, -0.25) is 0 Å². The molecule has 0 saturated carbocycles. The van der Waals surface area contributed by atoms with Gasteiger partial charge in [-0.2, -0.15) is 4.31 Å². The van der Waals surface area contributed by atoms with E-state index >= 15 is 0 Å². The van der Waals surface area contributed by atoms with Gasteiger partial charge in [0.15, 0.2) is 0 Å². The van der Waals surface area contributed by atoms with E-state index in [0.717, 1.165) is 0 Å². The average molecular weight is 254 g/mol. The maximum atomic E-state index is 11.8. The summed E-state index contributed by atoms with van der Waals surface area (Å²) in [6.07, 6.45) is 0.671. The van der Waals surface area contributed by atoms with Crippen LogP contribution in [0.2, 0.25) is 0 Å². The van der Waals surface area contributed by atoms with Crippen LogP contribution in [0.5, 0.6) is 0 Å². The third-order valence-electron chi connectivity index (χ3n) is 2.07. The molecule has 0 atom stereocenters. The summed E-state index contributed by atoms with van der Waals surface area (Å²) in [6.45, 7) is 1.87. The molecule has 0 spiro atoms. The average Bonchev–Trinajstić information content (AvgIpc) is 2.22. The van der Waals surface area contributed by atoms with Crippen LogP contribution in [-0.2, 0) is 19.5 Å². The highest BCUT2D eigenvalue weighted by atomic mass is 32.2. The van der Waals surface area contributed by atoms with Crippen LogP contribution in [0.25, 0.3) is 0 Å². The van der Waals surface area contributed by atoms with Gasteiger partial charge in [0.25, 0.3) is 0 Å². The third kappa shape index (κ3) is 6.39. The Morgan fingerprint density at radius 1 is 1.12 bits per heavy atom. The Morgan fingerprint density at radius 3 is 2.25 bits per heavy atom. The second-order valence-corrected chi connectivity index (χ2v) is 5.43. The maximum Gasteiger partial charge on any atom is 0.215 e. The van der Waals surface area contributed by atoms with Gasteiger partial charge in [-0.05, 0) is 6.42 Å². The molecule has 0 radical (unpaired) electrons. The highest BCUT2D eigenvalue weighted by Crippen LogP contribution is 2.02. The fourth-order valence-corrected chi connectivity index (χ4v) is 2.56. The fourth-order valence-electron chi connectivity index (χ4n) is 1.25. The molecule has 0 rings (SSSR count). The maximum absolute atomic E-state index is 11.8. The van der Waals surface area contributed by atoms with Gasteiger partial charge in [-0.15, -0.1) is 0 Å². The second kappa shape index (κ2) is 8.89. The Kier molecular flexibility index (Phi) is 8.77. The number of rotatable bonds is 10. The van der Waals surface area contributed by atoms with Crippen molar-refractivity contribution in [2.45, 2.75) is 6.42 Å². The number of sulfonamides is 1. The second-order valence-electron chi connectivity index (χ2n) is 3.34. The van der Waals surface area contributed by atoms with Crippen LogP contribution in [-0.4, -0.2) is 65.5 Å². The van der Waals surface area contributed by atoms with Gasteiger partial charge >= 0.3 is 0 Å². The molecule has 2 N–H and O–H groups in total. The number of hydrogen-bond donors (Lipinski definition) is 1. The molecule has 0 amide bonds. The van der Waals surface area contributed by atoms with Crippen molar-refractivity contribution in [2.24, 2.45) is 5.73 Å². The number of nitrogens with two attached hydrogens (primary N) is 1. The SMILES string of the molecule is COCCCN(CCOC)S(=O)(=O)CCN. The molecule has 0 aliphatic carbocycles. The lowest BCUT2D eigenvalue weighted by Gasteiger charge is -2.21. The monoisotopic (exact) mass is 254 g/mol. The van der Waals surface area contributed by atoms with Crippen LogP contribution in [0.3, 0.4) is 0 Å². The van der Waals surface area contributed by atoms with E-state index in [-0.39, 0.29) is 12.3 Å². The zero-order valence-electron chi connectivity index (χ0n) is 10.0. The largest absolute Gasteiger partial charge is 0.385 e. The molecule has 0 heterocycles. The van der Waals surface area contributed by atoms with Gasteiger partial charge in [-0.25, -0.2) is 8.42 Å². The van der Waals surface area contributed by atoms with E-state index < -0.39 is 10.0 Å². The summed E-state index contributed by atoms with van der Waals surface area (Å²) >= 11 is 0. The highest BCUT2D eigenvalue weighted by molar-refractivity contribution is 7.89. The molecule has 16 heavy (non-hydrogen) atoms. The fraction of sp³-hybridized carbons (Fsp3) is 1.00. The van der Waals surface area contributed by atoms with Gasteiger partial charge in [0, 0.05) is 40.5 Å². The van der Waals surface area contributed by atoms with Crippen molar-refractivity contribution in [2.75, 3.05) is 52.8 Å². The van der Waals surface area contributed by atoms with Crippen molar-refractivity contribution < 1.29 is 17.9 Å². The summed E-state index contributed by atoms with van der Waals surface area (Å²) in [5.41, 5.74) is 5.27. The standard InChI is InChI=1S/C9H22N2O4S/c1-14-7-3-5-11(6-8-15-2)16(12,13)9-4-10/h3-10H2,1-2H3. The van der Waals surface area contributed by atoms with E-state index in [1.54, 1.807) is 14.2 Å². The van der Waals surface area contributed by atoms with E-state index in [2.05, 4.69) is 0 Å². The van der Waals surface area contributed by atoms with Crippen LogP contribution in [0, 0.1) is 0 Å². The van der Waals surface area contributed by atoms with E-state index in [9.17, 15) is 8.42 Å². The molecular formula is C9H22N2O4S. The smallest absolute Gasteiger partial charge is 0.215 e. The molecule has 0 saturated heterocycles. The van der Waals surface area contributed by atoms with Crippen LogP contribution in [0.15, 0.2) is 0 Å². The predicted molar refractivity (Wildman–Crippen MR) is 62.8 cm³/mol. The Bertz CT molecular complexity index is 256. The quantitative estimate of drug-likeness (QED) is 0.519. The van der Waals surface area contributed by atoms with E-state index in [1.807, 2.05) is 0 Å². The summed E-state index contributed by atoms with van der Waals surface area (Å²) in [5.74, 6) is -0.0241. The molecule has 98 valence electrons. The van der Waals surface area contributed by atoms with Crippen molar-refractivity contribution in [1.29, 1.82) is 0 Å². The van der Waals surface area contributed by atoms with E-state index in [4.69, 9.17) is 15.2 Å². The summed E-state index contributed by atoms with van der Waals surface area (Å²) in [6, 6.07) is 0. The summed E-state index contributed by atoms with van der Waals surface area (Å²) in [7, 11) is -0.117. The molecule has 0 aromatic heterocycles. The Hall–Kier alpha value is -0.210. The Labute approximate surface area is 97.7 Å². The first kappa shape index (κ1) is 15.8. The minimum atomic E-state index is -3.25. The Morgan fingerprint density at radius 2 is 1.75 bits per heavy atom. The number of methoxy groups -OCH3 is 2. The first-order valence-electron chi connectivity index (χ1n) is 5.24. The third-order valence-corrected chi connectivity index (χ3v) is 3.97. The molecule has 0 bridgehead atoms. The number of ether oxygens (including phenoxy) is 2. The minimum absolute atomic E-state index is 0.0241. The van der Waals surface area contributed by atoms with Gasteiger partial charge in [-0.1, -0.05) is 0 Å². The first-order valence-corrected chi connectivity index (χ1v) is 6.85. The minimum Gasteiger partial charge on any atom is -0.385 e. The molecule has 0 aliphatic rings. The van der Waals surface area contributed by atoms with Crippen molar-refractivity contribution in [3.8, 4) is 0 Å². The van der Waals surface area contributed by atoms with Crippen molar-refractivity contribution in [1.82, 2.24) is 4.31 Å². The van der Waals surface area contributed by atoms with Crippen molar-refractivity contribution in [3.05, 3.63) is 0 Å². The molecular weight excluding hydrogens is 232 g/mol. The predicted octanol–water partition coefficient (Wildman–Crippen LogP) is -0.740. The van der Waals surface area contributed by atoms with Gasteiger partial charge in [0.1, 0.15) is 0 Å². The molecule has 0 aliphatic heterocycles.